The van der Waals surface area contributed by atoms with Crippen LogP contribution in [0, 0.1) is 0 Å². The third-order valence-corrected chi connectivity index (χ3v) is 3.65. The highest BCUT2D eigenvalue weighted by Crippen LogP contribution is 2.18. The average Bonchev–Trinajstić information content (AvgIpc) is 2.31. The molecule has 1 saturated heterocycles. The lowest BCUT2D eigenvalue weighted by Crippen LogP contribution is -2.58. The normalized spacial score (nSPS) is 20.3. The number of likely N-dealkylation sites (N-methyl/N-ethyl adjacent to an activating group) is 1. The van der Waals surface area contributed by atoms with Crippen LogP contribution < -0.4 is 11.1 Å². The van der Waals surface area contributed by atoms with Crippen molar-refractivity contribution in [1.29, 1.82) is 0 Å². The third kappa shape index (κ3) is 6.90. The smallest absolute Gasteiger partial charge is 0.188 e. The first-order valence-electron chi connectivity index (χ1n) is 6.93. The van der Waals surface area contributed by atoms with E-state index in [9.17, 15) is 0 Å². The molecule has 1 aliphatic heterocycles. The van der Waals surface area contributed by atoms with Crippen molar-refractivity contribution in [3.05, 3.63) is 12.2 Å². The van der Waals surface area contributed by atoms with Crippen LogP contribution in [-0.4, -0.2) is 67.6 Å². The van der Waals surface area contributed by atoms with Gasteiger partial charge in [0.1, 0.15) is 0 Å². The van der Waals surface area contributed by atoms with E-state index in [1.807, 2.05) is 6.92 Å². The van der Waals surface area contributed by atoms with Gasteiger partial charge >= 0.3 is 0 Å². The number of aliphatic imine (C=N–C) groups is 1. The maximum Gasteiger partial charge on any atom is 0.188 e. The number of piperazine rings is 1. The molecular weight excluding hydrogens is 365 g/mol. The summed E-state index contributed by atoms with van der Waals surface area (Å²) in [7, 11) is 2.19. The van der Waals surface area contributed by atoms with E-state index in [1.54, 1.807) is 0 Å². The first-order valence-corrected chi connectivity index (χ1v) is 6.93. The number of rotatable bonds is 5. The Balaban J connectivity index is 0.00000361. The van der Waals surface area contributed by atoms with E-state index in [0.717, 1.165) is 38.3 Å². The monoisotopic (exact) mass is 395 g/mol. The van der Waals surface area contributed by atoms with E-state index in [4.69, 9.17) is 5.73 Å². The van der Waals surface area contributed by atoms with Crippen LogP contribution >= 0.6 is 24.0 Å². The molecule has 6 heteroatoms. The van der Waals surface area contributed by atoms with Crippen LogP contribution in [-0.2, 0) is 0 Å². The summed E-state index contributed by atoms with van der Waals surface area (Å²) in [6.07, 6.45) is 0. The summed E-state index contributed by atoms with van der Waals surface area (Å²) in [5.41, 5.74) is 7.05. The van der Waals surface area contributed by atoms with Crippen molar-refractivity contribution in [2.45, 2.75) is 26.3 Å². The molecule has 0 atom stereocenters. The SMILES string of the molecule is C=C(C)CN=C(N)NCCN1CCN(C)C(C)(C)C1.I. The second-order valence-electron chi connectivity index (χ2n) is 6.10. The zero-order chi connectivity index (χ0) is 14.5. The van der Waals surface area contributed by atoms with Crippen LogP contribution in [0.2, 0.25) is 0 Å². The predicted octanol–water partition coefficient (Wildman–Crippen LogP) is 1.11. The second-order valence-corrected chi connectivity index (χ2v) is 6.10. The highest BCUT2D eigenvalue weighted by atomic mass is 127. The van der Waals surface area contributed by atoms with E-state index in [1.165, 1.54) is 0 Å². The summed E-state index contributed by atoms with van der Waals surface area (Å²) in [6, 6.07) is 0. The van der Waals surface area contributed by atoms with Crippen LogP contribution in [0.1, 0.15) is 20.8 Å². The van der Waals surface area contributed by atoms with Gasteiger partial charge in [-0.1, -0.05) is 12.2 Å². The first kappa shape index (κ1) is 19.7. The van der Waals surface area contributed by atoms with Gasteiger partial charge < -0.3 is 11.1 Å². The highest BCUT2D eigenvalue weighted by Gasteiger charge is 2.30. The van der Waals surface area contributed by atoms with Gasteiger partial charge in [0.15, 0.2) is 5.96 Å². The van der Waals surface area contributed by atoms with E-state index in [-0.39, 0.29) is 29.5 Å². The molecule has 20 heavy (non-hydrogen) atoms. The fraction of sp³-hybridized carbons (Fsp3) is 0.786. The minimum Gasteiger partial charge on any atom is -0.370 e. The molecule has 0 amide bonds. The molecular formula is C14H30IN5. The molecule has 0 aromatic rings. The number of guanidine groups is 1. The molecule has 5 nitrogen and oxygen atoms in total. The first-order chi connectivity index (χ1) is 8.81. The summed E-state index contributed by atoms with van der Waals surface area (Å²) in [5.74, 6) is 0.511. The molecule has 1 heterocycles. The quantitative estimate of drug-likeness (QED) is 0.317. The molecule has 3 N–H and O–H groups in total. The van der Waals surface area contributed by atoms with Gasteiger partial charge in [0, 0.05) is 38.3 Å². The Kier molecular flexibility index (Phi) is 8.69. The second kappa shape index (κ2) is 8.84. The molecule has 1 fully saturated rings. The van der Waals surface area contributed by atoms with Gasteiger partial charge in [-0.2, -0.15) is 0 Å². The van der Waals surface area contributed by atoms with Crippen LogP contribution in [0.25, 0.3) is 0 Å². The van der Waals surface area contributed by atoms with Gasteiger partial charge in [-0.25, -0.2) is 4.99 Å². The molecule has 0 aliphatic carbocycles. The third-order valence-electron chi connectivity index (χ3n) is 3.65. The van der Waals surface area contributed by atoms with Crippen molar-refractivity contribution in [2.24, 2.45) is 10.7 Å². The van der Waals surface area contributed by atoms with Gasteiger partial charge in [-0.3, -0.25) is 9.80 Å². The molecule has 1 rings (SSSR count). The zero-order valence-electron chi connectivity index (χ0n) is 13.3. The largest absolute Gasteiger partial charge is 0.370 e. The number of hydrogen-bond donors (Lipinski definition) is 2. The van der Waals surface area contributed by atoms with Crippen molar-refractivity contribution < 1.29 is 0 Å². The standard InChI is InChI=1S/C14H29N5.HI/c1-12(2)10-17-13(15)16-6-7-19-9-8-18(5)14(3,4)11-19;/h1,6-11H2,2-5H3,(H3,15,16,17);1H. The lowest BCUT2D eigenvalue weighted by Gasteiger charge is -2.45. The van der Waals surface area contributed by atoms with Crippen molar-refractivity contribution in [1.82, 2.24) is 15.1 Å². The van der Waals surface area contributed by atoms with Gasteiger partial charge in [0.05, 0.1) is 6.54 Å². The van der Waals surface area contributed by atoms with Crippen molar-refractivity contribution in [3.63, 3.8) is 0 Å². The van der Waals surface area contributed by atoms with E-state index in [2.05, 4.69) is 47.6 Å². The molecule has 0 aromatic heterocycles. The Morgan fingerprint density at radius 3 is 2.60 bits per heavy atom. The van der Waals surface area contributed by atoms with Gasteiger partial charge in [0.2, 0.25) is 0 Å². The zero-order valence-corrected chi connectivity index (χ0v) is 15.6. The van der Waals surface area contributed by atoms with Crippen LogP contribution in [0.3, 0.4) is 0 Å². The predicted molar refractivity (Wildman–Crippen MR) is 97.9 cm³/mol. The molecule has 0 saturated carbocycles. The lowest BCUT2D eigenvalue weighted by molar-refractivity contribution is 0.0413. The maximum absolute atomic E-state index is 5.78. The minimum absolute atomic E-state index is 0. The Bertz CT molecular complexity index is 340. The summed E-state index contributed by atoms with van der Waals surface area (Å²) >= 11 is 0. The summed E-state index contributed by atoms with van der Waals surface area (Å²) in [5, 5.41) is 3.16. The molecule has 0 unspecified atom stereocenters. The van der Waals surface area contributed by atoms with Crippen molar-refractivity contribution in [3.8, 4) is 0 Å². The summed E-state index contributed by atoms with van der Waals surface area (Å²) < 4.78 is 0. The fourth-order valence-corrected chi connectivity index (χ4v) is 2.15. The van der Waals surface area contributed by atoms with Crippen LogP contribution in [0.5, 0.6) is 0 Å². The Morgan fingerprint density at radius 1 is 1.40 bits per heavy atom. The van der Waals surface area contributed by atoms with Crippen molar-refractivity contribution >= 4 is 29.9 Å². The van der Waals surface area contributed by atoms with E-state index < -0.39 is 0 Å². The van der Waals surface area contributed by atoms with Crippen molar-refractivity contribution in [2.75, 3.05) is 46.3 Å². The topological polar surface area (TPSA) is 56.9 Å². The van der Waals surface area contributed by atoms with Gasteiger partial charge in [0.25, 0.3) is 0 Å². The van der Waals surface area contributed by atoms with Gasteiger partial charge in [-0.15, -0.1) is 24.0 Å². The molecule has 118 valence electrons. The number of halogens is 1. The maximum atomic E-state index is 5.78. The summed E-state index contributed by atoms with van der Waals surface area (Å²) in [4.78, 5) is 9.09. The molecule has 0 aromatic carbocycles. The minimum atomic E-state index is 0. The number of hydrogen-bond acceptors (Lipinski definition) is 3. The summed E-state index contributed by atoms with van der Waals surface area (Å²) in [6.45, 7) is 16.1. The van der Waals surface area contributed by atoms with Crippen LogP contribution in [0.4, 0.5) is 0 Å². The molecule has 0 bridgehead atoms. The number of nitrogens with two attached hydrogens (primary N) is 1. The van der Waals surface area contributed by atoms with E-state index >= 15 is 0 Å². The number of nitrogens with zero attached hydrogens (tertiary/aromatic N) is 3. The van der Waals surface area contributed by atoms with Gasteiger partial charge in [-0.05, 0) is 27.8 Å². The molecule has 0 spiro atoms. The average molecular weight is 395 g/mol. The lowest BCUT2D eigenvalue weighted by atomic mass is 10.00. The Hall–Kier alpha value is -0.340. The van der Waals surface area contributed by atoms with Crippen LogP contribution in [0.15, 0.2) is 17.1 Å². The fourth-order valence-electron chi connectivity index (χ4n) is 2.15. The Morgan fingerprint density at radius 2 is 2.05 bits per heavy atom. The molecule has 0 radical (unpaired) electrons. The highest BCUT2D eigenvalue weighted by molar-refractivity contribution is 14.0. The van der Waals surface area contributed by atoms with E-state index in [0.29, 0.717) is 12.5 Å². The molecule has 1 aliphatic rings. The number of nitrogens with one attached hydrogen (secondary N) is 1. The Labute approximate surface area is 140 Å².